The molecule has 1 aromatic carbocycles. The van der Waals surface area contributed by atoms with Gasteiger partial charge >= 0.3 is 5.97 Å². The lowest BCUT2D eigenvalue weighted by atomic mass is 9.65. The molecule has 0 bridgehead atoms. The number of ether oxygens (including phenoxy) is 4. The van der Waals surface area contributed by atoms with Gasteiger partial charge in [-0.25, -0.2) is 0 Å². The van der Waals surface area contributed by atoms with Crippen LogP contribution in [-0.4, -0.2) is 80.8 Å². The largest absolute Gasteiger partial charge is 0.493 e. The minimum Gasteiger partial charge on any atom is -0.493 e. The highest BCUT2D eigenvalue weighted by Crippen LogP contribution is 2.52. The summed E-state index contributed by atoms with van der Waals surface area (Å²) in [6, 6.07) is 5.68. The third-order valence-electron chi connectivity index (χ3n) is 8.64. The summed E-state index contributed by atoms with van der Waals surface area (Å²) < 4.78 is 22.7. The van der Waals surface area contributed by atoms with Gasteiger partial charge < -0.3 is 28.7 Å². The summed E-state index contributed by atoms with van der Waals surface area (Å²) in [4.78, 5) is 44.6. The second-order valence-corrected chi connectivity index (χ2v) is 12.2. The Labute approximate surface area is 237 Å². The van der Waals surface area contributed by atoms with E-state index in [1.54, 1.807) is 19.1 Å². The van der Waals surface area contributed by atoms with Crippen LogP contribution in [0.15, 0.2) is 30.0 Å². The SMILES string of the molecule is COC(=O)[C@]12C[C@H](CC(=O)N3CCCC3)C(=O)N(CCc3ccc(OC)c(OC)c3)C1=C[C@H](C(C)(C)C)O[C@@H]2C. The molecule has 3 aliphatic heterocycles. The monoisotopic (exact) mass is 556 g/mol. The van der Waals surface area contributed by atoms with Crippen molar-refractivity contribution in [2.45, 2.75) is 72.0 Å². The van der Waals surface area contributed by atoms with Crippen LogP contribution in [0.4, 0.5) is 0 Å². The van der Waals surface area contributed by atoms with Crippen molar-refractivity contribution >= 4 is 17.8 Å². The van der Waals surface area contributed by atoms with E-state index in [9.17, 15) is 14.4 Å². The van der Waals surface area contributed by atoms with Crippen LogP contribution in [0.25, 0.3) is 0 Å². The molecule has 3 heterocycles. The summed E-state index contributed by atoms with van der Waals surface area (Å²) in [7, 11) is 4.54. The predicted molar refractivity (Wildman–Crippen MR) is 150 cm³/mol. The van der Waals surface area contributed by atoms with Crippen molar-refractivity contribution < 1.29 is 33.3 Å². The molecule has 1 aromatic rings. The van der Waals surface area contributed by atoms with Crippen molar-refractivity contribution in [1.29, 1.82) is 0 Å². The summed E-state index contributed by atoms with van der Waals surface area (Å²) in [5, 5.41) is 0. The van der Waals surface area contributed by atoms with Gasteiger partial charge in [0.25, 0.3) is 0 Å². The van der Waals surface area contributed by atoms with Gasteiger partial charge in [0.1, 0.15) is 5.41 Å². The number of fused-ring (bicyclic) bond motifs is 1. The summed E-state index contributed by atoms with van der Waals surface area (Å²) in [5.41, 5.74) is 0.119. The Morgan fingerprint density at radius 1 is 1.07 bits per heavy atom. The number of rotatable bonds is 8. The van der Waals surface area contributed by atoms with Crippen LogP contribution in [-0.2, 0) is 30.3 Å². The molecule has 0 aromatic heterocycles. The van der Waals surface area contributed by atoms with E-state index in [0.717, 1.165) is 18.4 Å². The van der Waals surface area contributed by atoms with Gasteiger partial charge in [0, 0.05) is 37.7 Å². The van der Waals surface area contributed by atoms with Gasteiger partial charge in [-0.1, -0.05) is 26.8 Å². The average molecular weight is 557 g/mol. The van der Waals surface area contributed by atoms with E-state index < -0.39 is 23.4 Å². The molecule has 0 N–H and O–H groups in total. The first kappa shape index (κ1) is 29.9. The molecule has 0 saturated carbocycles. The van der Waals surface area contributed by atoms with E-state index in [1.807, 2.05) is 36.1 Å². The van der Waals surface area contributed by atoms with Crippen LogP contribution >= 0.6 is 0 Å². The zero-order valence-corrected chi connectivity index (χ0v) is 25.0. The maximum absolute atomic E-state index is 14.2. The Morgan fingerprint density at radius 3 is 2.35 bits per heavy atom. The smallest absolute Gasteiger partial charge is 0.320 e. The van der Waals surface area contributed by atoms with E-state index in [0.29, 0.717) is 43.3 Å². The topological polar surface area (TPSA) is 94.6 Å². The lowest BCUT2D eigenvalue weighted by Gasteiger charge is -2.53. The van der Waals surface area contributed by atoms with Crippen molar-refractivity contribution in [2.75, 3.05) is 41.0 Å². The molecule has 9 heteroatoms. The quantitative estimate of drug-likeness (QED) is 0.447. The van der Waals surface area contributed by atoms with E-state index >= 15 is 0 Å². The molecule has 2 amide bonds. The normalized spacial score (nSPS) is 26.7. The van der Waals surface area contributed by atoms with Crippen LogP contribution in [0.1, 0.15) is 58.9 Å². The average Bonchev–Trinajstić information content (AvgIpc) is 3.47. The molecular formula is C31H44N2O7. The Balaban J connectivity index is 1.74. The lowest BCUT2D eigenvalue weighted by Crippen LogP contribution is -2.61. The van der Waals surface area contributed by atoms with Gasteiger partial charge in [-0.05, 0) is 61.8 Å². The highest BCUT2D eigenvalue weighted by atomic mass is 16.5. The zero-order chi connectivity index (χ0) is 29.2. The van der Waals surface area contributed by atoms with Gasteiger partial charge in [0.2, 0.25) is 11.8 Å². The molecule has 2 saturated heterocycles. The van der Waals surface area contributed by atoms with Crippen molar-refractivity contribution in [2.24, 2.45) is 16.7 Å². The lowest BCUT2D eigenvalue weighted by molar-refractivity contribution is -0.180. The zero-order valence-electron chi connectivity index (χ0n) is 25.0. The Morgan fingerprint density at radius 2 is 1.75 bits per heavy atom. The number of likely N-dealkylation sites (tertiary alicyclic amines) is 2. The van der Waals surface area contributed by atoms with Crippen LogP contribution in [0.2, 0.25) is 0 Å². The summed E-state index contributed by atoms with van der Waals surface area (Å²) in [6.45, 7) is 9.85. The highest BCUT2D eigenvalue weighted by molar-refractivity contribution is 5.92. The third-order valence-corrected chi connectivity index (χ3v) is 8.64. The van der Waals surface area contributed by atoms with Crippen LogP contribution in [0, 0.1) is 16.7 Å². The van der Waals surface area contributed by atoms with Crippen molar-refractivity contribution in [1.82, 2.24) is 9.80 Å². The molecule has 4 rings (SSSR count). The van der Waals surface area contributed by atoms with Gasteiger partial charge in [-0.15, -0.1) is 0 Å². The molecular weight excluding hydrogens is 512 g/mol. The van der Waals surface area contributed by atoms with Gasteiger partial charge in [0.15, 0.2) is 11.5 Å². The summed E-state index contributed by atoms with van der Waals surface area (Å²) in [6.07, 6.45) is 3.77. The molecule has 0 aliphatic carbocycles. The second kappa shape index (κ2) is 11.8. The fraction of sp³-hybridized carbons (Fsp3) is 0.645. The maximum Gasteiger partial charge on any atom is 0.320 e. The fourth-order valence-electron chi connectivity index (χ4n) is 6.26. The number of nitrogens with zero attached hydrogens (tertiary/aromatic N) is 2. The number of carbonyl (C=O) groups is 3. The van der Waals surface area contributed by atoms with Gasteiger partial charge in [0.05, 0.1) is 33.5 Å². The second-order valence-electron chi connectivity index (χ2n) is 12.2. The maximum atomic E-state index is 14.2. The summed E-state index contributed by atoms with van der Waals surface area (Å²) in [5.74, 6) is -0.0531. The van der Waals surface area contributed by atoms with Crippen LogP contribution < -0.4 is 9.47 Å². The standard InChI is InChI=1S/C31H44N2O7/c1-20-31(29(36)39-7)19-22(17-27(34)32-13-8-9-14-32)28(35)33(25(31)18-26(40-20)30(2,3)4)15-12-21-10-11-23(37-5)24(16-21)38-6/h10-11,16,18,20,22,26H,8-9,12-15,17,19H2,1-7H3/t20-,22+,26-,31+/m1/s1. The number of esters is 1. The molecule has 2 fully saturated rings. The minimum absolute atomic E-state index is 0.0416. The Bertz CT molecular complexity index is 1150. The number of piperidine rings is 1. The first-order valence-electron chi connectivity index (χ1n) is 14.2. The molecule has 0 spiro atoms. The molecule has 220 valence electrons. The van der Waals surface area contributed by atoms with Crippen LogP contribution in [0.3, 0.4) is 0 Å². The van der Waals surface area contributed by atoms with Gasteiger partial charge in [-0.3, -0.25) is 14.4 Å². The van der Waals surface area contributed by atoms with E-state index in [4.69, 9.17) is 18.9 Å². The van der Waals surface area contributed by atoms with Crippen molar-refractivity contribution in [3.05, 3.63) is 35.5 Å². The van der Waals surface area contributed by atoms with E-state index in [2.05, 4.69) is 20.8 Å². The molecule has 40 heavy (non-hydrogen) atoms. The molecule has 0 unspecified atom stereocenters. The predicted octanol–water partition coefficient (Wildman–Crippen LogP) is 3.98. The van der Waals surface area contributed by atoms with Gasteiger partial charge in [-0.2, -0.15) is 0 Å². The summed E-state index contributed by atoms with van der Waals surface area (Å²) >= 11 is 0. The number of carbonyl (C=O) groups excluding carboxylic acids is 3. The fourth-order valence-corrected chi connectivity index (χ4v) is 6.26. The third kappa shape index (κ3) is 5.57. The Kier molecular flexibility index (Phi) is 8.83. The number of methoxy groups -OCH3 is 3. The van der Waals surface area contributed by atoms with Crippen LogP contribution in [0.5, 0.6) is 11.5 Å². The molecule has 4 atom stereocenters. The highest BCUT2D eigenvalue weighted by Gasteiger charge is 2.60. The number of hydrogen-bond donors (Lipinski definition) is 0. The number of amides is 2. The van der Waals surface area contributed by atoms with Crippen molar-refractivity contribution in [3.63, 3.8) is 0 Å². The van der Waals surface area contributed by atoms with E-state index in [-0.39, 0.29) is 36.2 Å². The minimum atomic E-state index is -1.20. The molecule has 0 radical (unpaired) electrons. The molecule has 9 nitrogen and oxygen atoms in total. The first-order valence-corrected chi connectivity index (χ1v) is 14.2. The Hall–Kier alpha value is -3.07. The number of hydrogen-bond acceptors (Lipinski definition) is 7. The first-order chi connectivity index (χ1) is 19.0. The number of benzene rings is 1. The molecule has 3 aliphatic rings. The van der Waals surface area contributed by atoms with Crippen molar-refractivity contribution in [3.8, 4) is 11.5 Å². The van der Waals surface area contributed by atoms with E-state index in [1.165, 1.54) is 7.11 Å².